The molecule has 0 bridgehead atoms. The van der Waals surface area contributed by atoms with Crippen molar-refractivity contribution in [3.8, 4) is 0 Å². The van der Waals surface area contributed by atoms with Gasteiger partial charge in [-0.25, -0.2) is 0 Å². The zero-order valence-electron chi connectivity index (χ0n) is 17.7. The molecule has 0 radical (unpaired) electrons. The van der Waals surface area contributed by atoms with Crippen LogP contribution in [-0.2, 0) is 22.6 Å². The van der Waals surface area contributed by atoms with E-state index in [0.717, 1.165) is 23.1 Å². The molecule has 0 saturated carbocycles. The average molecular weight is 415 g/mol. The monoisotopic (exact) mass is 414 g/mol. The van der Waals surface area contributed by atoms with Crippen LogP contribution >= 0.6 is 11.6 Å². The molecule has 0 heterocycles. The van der Waals surface area contributed by atoms with Crippen molar-refractivity contribution in [3.05, 3.63) is 70.2 Å². The molecule has 0 unspecified atom stereocenters. The highest BCUT2D eigenvalue weighted by Gasteiger charge is 2.29. The largest absolute Gasteiger partial charge is 0.352 e. The number of nitrogens with one attached hydrogen (secondary N) is 1. The molecule has 0 aliphatic carbocycles. The Hall–Kier alpha value is -2.33. The van der Waals surface area contributed by atoms with Crippen LogP contribution in [0.25, 0.3) is 0 Å². The quantitative estimate of drug-likeness (QED) is 0.633. The molecule has 2 atom stereocenters. The molecule has 2 aromatic rings. The van der Waals surface area contributed by atoms with E-state index in [4.69, 9.17) is 11.6 Å². The van der Waals surface area contributed by atoms with E-state index in [0.29, 0.717) is 18.0 Å². The first-order valence-electron chi connectivity index (χ1n) is 10.2. The second kappa shape index (κ2) is 11.0. The molecule has 0 aliphatic heterocycles. The second-order valence-corrected chi connectivity index (χ2v) is 7.87. The van der Waals surface area contributed by atoms with Crippen LogP contribution in [0.4, 0.5) is 0 Å². The summed E-state index contributed by atoms with van der Waals surface area (Å²) in [5.41, 5.74) is 2.87. The highest BCUT2D eigenvalue weighted by molar-refractivity contribution is 6.31. The van der Waals surface area contributed by atoms with Gasteiger partial charge in [-0.3, -0.25) is 9.59 Å². The van der Waals surface area contributed by atoms with Gasteiger partial charge in [0.2, 0.25) is 11.8 Å². The van der Waals surface area contributed by atoms with Crippen LogP contribution in [0.5, 0.6) is 0 Å². The van der Waals surface area contributed by atoms with Gasteiger partial charge in [-0.05, 0) is 49.4 Å². The van der Waals surface area contributed by atoms with E-state index in [1.54, 1.807) is 11.0 Å². The van der Waals surface area contributed by atoms with Crippen LogP contribution in [-0.4, -0.2) is 28.8 Å². The normalized spacial score (nSPS) is 12.9. The van der Waals surface area contributed by atoms with Crippen molar-refractivity contribution in [2.75, 3.05) is 0 Å². The van der Waals surface area contributed by atoms with E-state index in [9.17, 15) is 9.59 Å². The molecule has 0 aromatic heterocycles. The smallest absolute Gasteiger partial charge is 0.243 e. The fourth-order valence-corrected chi connectivity index (χ4v) is 3.44. The fraction of sp³-hybridized carbons (Fsp3) is 0.417. The van der Waals surface area contributed by atoms with Gasteiger partial charge in [-0.15, -0.1) is 0 Å². The maximum Gasteiger partial charge on any atom is 0.243 e. The minimum atomic E-state index is -0.545. The number of aryl methyl sites for hydroxylation is 1. The lowest BCUT2D eigenvalue weighted by molar-refractivity contribution is -0.141. The summed E-state index contributed by atoms with van der Waals surface area (Å²) in [6.45, 7) is 8.22. The first kappa shape index (κ1) is 23.0. The summed E-state index contributed by atoms with van der Waals surface area (Å²) in [6.07, 6.45) is 1.63. The van der Waals surface area contributed by atoms with Crippen molar-refractivity contribution >= 4 is 23.4 Å². The molecular formula is C24H31ClN2O2. The highest BCUT2D eigenvalue weighted by atomic mass is 35.5. The predicted octanol–water partition coefficient (Wildman–Crippen LogP) is 4.91. The van der Waals surface area contributed by atoms with E-state index >= 15 is 0 Å². The topological polar surface area (TPSA) is 49.4 Å². The summed E-state index contributed by atoms with van der Waals surface area (Å²) >= 11 is 6.35. The van der Waals surface area contributed by atoms with Crippen molar-refractivity contribution in [2.24, 2.45) is 0 Å². The van der Waals surface area contributed by atoms with Crippen LogP contribution in [0.3, 0.4) is 0 Å². The fourth-order valence-electron chi connectivity index (χ4n) is 3.24. The third-order valence-electron chi connectivity index (χ3n) is 5.29. The summed E-state index contributed by atoms with van der Waals surface area (Å²) in [7, 11) is 0. The summed E-state index contributed by atoms with van der Waals surface area (Å²) in [4.78, 5) is 28.0. The number of halogens is 1. The molecule has 2 aromatic carbocycles. The molecule has 0 fully saturated rings. The van der Waals surface area contributed by atoms with E-state index in [1.807, 2.05) is 70.2 Å². The van der Waals surface area contributed by atoms with Gasteiger partial charge < -0.3 is 10.2 Å². The molecule has 5 heteroatoms. The van der Waals surface area contributed by atoms with Crippen molar-refractivity contribution in [1.82, 2.24) is 10.2 Å². The van der Waals surface area contributed by atoms with Crippen molar-refractivity contribution in [1.29, 1.82) is 0 Å². The van der Waals surface area contributed by atoms with Gasteiger partial charge in [0.05, 0.1) is 6.42 Å². The van der Waals surface area contributed by atoms with Crippen LogP contribution in [0, 0.1) is 6.92 Å². The van der Waals surface area contributed by atoms with Crippen molar-refractivity contribution in [2.45, 2.75) is 65.6 Å². The maximum absolute atomic E-state index is 13.3. The van der Waals surface area contributed by atoms with Gasteiger partial charge >= 0.3 is 0 Å². The number of benzene rings is 2. The molecule has 2 amide bonds. The van der Waals surface area contributed by atoms with Crippen LogP contribution in [0.2, 0.25) is 5.02 Å². The molecule has 2 rings (SSSR count). The molecular weight excluding hydrogens is 384 g/mol. The van der Waals surface area contributed by atoms with E-state index < -0.39 is 6.04 Å². The number of hydrogen-bond acceptors (Lipinski definition) is 2. The van der Waals surface area contributed by atoms with Crippen molar-refractivity contribution in [3.63, 3.8) is 0 Å². The first-order chi connectivity index (χ1) is 13.9. The minimum Gasteiger partial charge on any atom is -0.352 e. The zero-order chi connectivity index (χ0) is 21.4. The first-order valence-corrected chi connectivity index (χ1v) is 10.6. The molecule has 1 N–H and O–H groups in total. The lowest BCUT2D eigenvalue weighted by Crippen LogP contribution is -2.51. The second-order valence-electron chi connectivity index (χ2n) is 7.46. The number of nitrogens with zero attached hydrogens (tertiary/aromatic N) is 1. The van der Waals surface area contributed by atoms with E-state index in [-0.39, 0.29) is 24.3 Å². The van der Waals surface area contributed by atoms with Gasteiger partial charge in [-0.1, -0.05) is 67.9 Å². The molecule has 29 heavy (non-hydrogen) atoms. The van der Waals surface area contributed by atoms with Gasteiger partial charge in [-0.2, -0.15) is 0 Å². The Kier molecular flexibility index (Phi) is 8.71. The maximum atomic E-state index is 13.3. The third kappa shape index (κ3) is 6.33. The van der Waals surface area contributed by atoms with E-state index in [2.05, 4.69) is 5.32 Å². The summed E-state index contributed by atoms with van der Waals surface area (Å²) in [5, 5.41) is 3.62. The number of amides is 2. The highest BCUT2D eigenvalue weighted by Crippen LogP contribution is 2.21. The zero-order valence-corrected chi connectivity index (χ0v) is 18.5. The van der Waals surface area contributed by atoms with Gasteiger partial charge in [0.15, 0.2) is 0 Å². The number of rotatable bonds is 9. The lowest BCUT2D eigenvalue weighted by atomic mass is 10.0. The Bertz CT molecular complexity index is 837. The van der Waals surface area contributed by atoms with Crippen molar-refractivity contribution < 1.29 is 9.59 Å². The molecule has 0 spiro atoms. The molecule has 156 valence electrons. The summed E-state index contributed by atoms with van der Waals surface area (Å²) in [6, 6.07) is 14.8. The minimum absolute atomic E-state index is 0.0604. The number of carbonyl (C=O) groups excluding carboxylic acids is 2. The number of carbonyl (C=O) groups is 2. The van der Waals surface area contributed by atoms with Crippen LogP contribution in [0.15, 0.2) is 48.5 Å². The standard InChI is InChI=1S/C24H31ClN2O2/c1-5-18(4)26-24(29)22(6-2)27(16-20-13-9-10-14-21(20)25)23(28)15-19-12-8-7-11-17(19)3/h7-14,18,22H,5-6,15-16H2,1-4H3,(H,26,29)/t18-,22-/m1/s1. The van der Waals surface area contributed by atoms with Crippen LogP contribution < -0.4 is 5.32 Å². The third-order valence-corrected chi connectivity index (χ3v) is 5.66. The Morgan fingerprint density at radius 3 is 2.21 bits per heavy atom. The lowest BCUT2D eigenvalue weighted by Gasteiger charge is -2.32. The van der Waals surface area contributed by atoms with Gasteiger partial charge in [0.25, 0.3) is 0 Å². The predicted molar refractivity (Wildman–Crippen MR) is 119 cm³/mol. The molecule has 0 aliphatic rings. The Balaban J connectivity index is 2.33. The number of hydrogen-bond donors (Lipinski definition) is 1. The average Bonchev–Trinajstić information content (AvgIpc) is 2.70. The Morgan fingerprint density at radius 1 is 1.00 bits per heavy atom. The SMILES string of the molecule is CC[C@@H](C)NC(=O)[C@@H](CC)N(Cc1ccccc1Cl)C(=O)Cc1ccccc1C. The summed E-state index contributed by atoms with van der Waals surface area (Å²) < 4.78 is 0. The van der Waals surface area contributed by atoms with Gasteiger partial charge in [0, 0.05) is 17.6 Å². The summed E-state index contributed by atoms with van der Waals surface area (Å²) in [5.74, 6) is -0.197. The van der Waals surface area contributed by atoms with E-state index in [1.165, 1.54) is 0 Å². The molecule has 4 nitrogen and oxygen atoms in total. The van der Waals surface area contributed by atoms with Crippen LogP contribution in [0.1, 0.15) is 50.3 Å². The molecule has 0 saturated heterocycles. The van der Waals surface area contributed by atoms with Gasteiger partial charge in [0.1, 0.15) is 6.04 Å². The Labute approximate surface area is 179 Å². The Morgan fingerprint density at radius 2 is 1.62 bits per heavy atom.